The monoisotopic (exact) mass is 698 g/mol. The molecule has 1 aliphatic carbocycles. The van der Waals surface area contributed by atoms with Gasteiger partial charge in [-0.2, -0.15) is 13.2 Å². The van der Waals surface area contributed by atoms with Gasteiger partial charge in [-0.1, -0.05) is 80.6 Å². The summed E-state index contributed by atoms with van der Waals surface area (Å²) >= 11 is 0. The zero-order chi connectivity index (χ0) is 37.6. The molecule has 5 N–H and O–H groups in total. The normalized spacial score (nSPS) is 20.2. The highest BCUT2D eigenvalue weighted by atomic mass is 19.4. The first-order valence-electron chi connectivity index (χ1n) is 16.7. The van der Waals surface area contributed by atoms with Crippen LogP contribution in [-0.4, -0.2) is 95.7 Å². The van der Waals surface area contributed by atoms with Crippen LogP contribution in [0.25, 0.3) is 0 Å². The first kappa shape index (κ1) is 41.3. The summed E-state index contributed by atoms with van der Waals surface area (Å²) in [7, 11) is 0.987. The van der Waals surface area contributed by atoms with Crippen molar-refractivity contribution in [2.75, 3.05) is 20.1 Å². The molecule has 49 heavy (non-hydrogen) atoms. The van der Waals surface area contributed by atoms with Crippen LogP contribution in [0, 0.1) is 40.4 Å². The van der Waals surface area contributed by atoms with E-state index in [-0.39, 0.29) is 24.8 Å². The Hall–Kier alpha value is -3.83. The minimum atomic E-state index is -5.09. The zero-order valence-corrected chi connectivity index (χ0v) is 30.0. The summed E-state index contributed by atoms with van der Waals surface area (Å²) in [6, 6.07) is -5.33. The number of halogens is 3. The average Bonchev–Trinajstić information content (AvgIpc) is 3.36. The van der Waals surface area contributed by atoms with Crippen molar-refractivity contribution in [2.24, 2.45) is 34.3 Å². The second kappa shape index (κ2) is 16.3. The minimum absolute atomic E-state index is 0.0369. The lowest BCUT2D eigenvalue weighted by Crippen LogP contribution is -2.62. The molecule has 1 aliphatic heterocycles. The Morgan fingerprint density at radius 3 is 1.96 bits per heavy atom. The number of hydrogen-bond donors (Lipinski definition) is 4. The molecule has 6 amide bonds. The van der Waals surface area contributed by atoms with E-state index in [2.05, 4.69) is 27.8 Å². The van der Waals surface area contributed by atoms with Crippen LogP contribution in [0.4, 0.5) is 18.0 Å². The molecule has 12 nitrogen and oxygen atoms in total. The number of carbonyl (C=O) groups is 6. The van der Waals surface area contributed by atoms with E-state index in [4.69, 9.17) is 5.73 Å². The fourth-order valence-electron chi connectivity index (χ4n) is 5.77. The number of nitrogens with one attached hydrogen (secondary N) is 3. The highest BCUT2D eigenvalue weighted by Crippen LogP contribution is 2.32. The van der Waals surface area contributed by atoms with Gasteiger partial charge in [-0.3, -0.25) is 24.0 Å². The van der Waals surface area contributed by atoms with E-state index < -0.39 is 89.1 Å². The van der Waals surface area contributed by atoms with Crippen molar-refractivity contribution in [3.05, 3.63) is 0 Å². The Labute approximate surface area is 287 Å². The van der Waals surface area contributed by atoms with Gasteiger partial charge in [-0.15, -0.1) is 5.92 Å². The number of Topliss-reactive ketones (excluding diaryl/α,β-unsaturated/α-hetero) is 1. The number of ketones is 1. The standard InChI is InChI=1S/C34H53F3N6O6/c1-19(2)13-14-21-15-16-43(24(21)28(46)39-22(25(44)27(38)45)17-20-11-10-12-20)29(47)26(33(6,7)8)41-31(49)40-23(32(3,4)5)18-42(9)30(48)34(35,36)37/h19-24,26H,10-12,15-18H2,1-9H3,(H2,38,45)(H,39,46)(H2,40,41,49)/t21-,22?,23+,24-,26+/m0/s1. The van der Waals surface area contributed by atoms with E-state index in [1.165, 1.54) is 4.90 Å². The SMILES string of the molecule is CC(C)C#C[C@H]1CCN(C(=O)[C@@H](NC(=O)N[C@H](CN(C)C(=O)C(F)(F)F)C(C)(C)C)C(C)(C)C)[C@@H]1C(=O)NC(CC1CCC1)C(=O)C(N)=O. The lowest BCUT2D eigenvalue weighted by atomic mass is 9.80. The van der Waals surface area contributed by atoms with E-state index in [1.54, 1.807) is 41.5 Å². The molecule has 1 saturated heterocycles. The predicted octanol–water partition coefficient (Wildman–Crippen LogP) is 2.74. The van der Waals surface area contributed by atoms with Gasteiger partial charge >= 0.3 is 18.1 Å². The third kappa shape index (κ3) is 11.6. The maximum Gasteiger partial charge on any atom is 0.471 e. The Morgan fingerprint density at radius 2 is 1.51 bits per heavy atom. The molecule has 2 aliphatic rings. The number of rotatable bonds is 11. The fourth-order valence-corrected chi connectivity index (χ4v) is 5.77. The van der Waals surface area contributed by atoms with E-state index in [9.17, 15) is 41.9 Å². The molecule has 5 atom stereocenters. The van der Waals surface area contributed by atoms with Crippen LogP contribution in [0.15, 0.2) is 0 Å². The molecule has 0 spiro atoms. The lowest BCUT2D eigenvalue weighted by Gasteiger charge is -2.38. The average molecular weight is 699 g/mol. The summed E-state index contributed by atoms with van der Waals surface area (Å²) in [5.41, 5.74) is 3.59. The molecule has 0 aromatic carbocycles. The number of primary amides is 1. The van der Waals surface area contributed by atoms with E-state index in [1.807, 2.05) is 13.8 Å². The summed E-state index contributed by atoms with van der Waals surface area (Å²) in [4.78, 5) is 79.8. The largest absolute Gasteiger partial charge is 0.471 e. The molecule has 1 heterocycles. The smallest absolute Gasteiger partial charge is 0.363 e. The molecule has 0 aromatic heterocycles. The molecule has 15 heteroatoms. The number of carbonyl (C=O) groups excluding carboxylic acids is 6. The second-order valence-corrected chi connectivity index (χ2v) is 15.7. The van der Waals surface area contributed by atoms with Gasteiger partial charge in [0.05, 0.1) is 18.0 Å². The molecule has 2 rings (SSSR count). The van der Waals surface area contributed by atoms with Crippen molar-refractivity contribution in [3.63, 3.8) is 0 Å². The van der Waals surface area contributed by atoms with Crippen LogP contribution in [-0.2, 0) is 24.0 Å². The first-order valence-corrected chi connectivity index (χ1v) is 16.7. The number of likely N-dealkylation sites (tertiary alicyclic amines) is 1. The van der Waals surface area contributed by atoms with Gasteiger partial charge in [0.25, 0.3) is 5.91 Å². The number of likely N-dealkylation sites (N-methyl/N-ethyl adjacent to an activating group) is 1. The van der Waals surface area contributed by atoms with Crippen LogP contribution in [0.1, 0.15) is 87.5 Å². The highest BCUT2D eigenvalue weighted by Gasteiger charge is 2.47. The molecular formula is C34H53F3N6O6. The van der Waals surface area contributed by atoms with E-state index in [0.29, 0.717) is 11.3 Å². The maximum absolute atomic E-state index is 14.3. The van der Waals surface area contributed by atoms with Gasteiger partial charge in [0, 0.05) is 26.1 Å². The van der Waals surface area contributed by atoms with Crippen molar-refractivity contribution in [2.45, 2.75) is 118 Å². The van der Waals surface area contributed by atoms with Crippen LogP contribution in [0.2, 0.25) is 0 Å². The first-order chi connectivity index (χ1) is 22.3. The number of hydrogen-bond acceptors (Lipinski definition) is 6. The quantitative estimate of drug-likeness (QED) is 0.191. The van der Waals surface area contributed by atoms with Crippen LogP contribution in [0.5, 0.6) is 0 Å². The topological polar surface area (TPSA) is 171 Å². The van der Waals surface area contributed by atoms with E-state index >= 15 is 0 Å². The molecule has 1 saturated carbocycles. The predicted molar refractivity (Wildman–Crippen MR) is 176 cm³/mol. The highest BCUT2D eigenvalue weighted by molar-refractivity contribution is 6.37. The van der Waals surface area contributed by atoms with Crippen molar-refractivity contribution >= 4 is 35.4 Å². The number of amides is 6. The molecule has 0 bridgehead atoms. The molecular weight excluding hydrogens is 645 g/mol. The molecule has 0 aromatic rings. The number of nitrogens with zero attached hydrogens (tertiary/aromatic N) is 2. The van der Waals surface area contributed by atoms with Gasteiger partial charge in [0.1, 0.15) is 12.1 Å². The molecule has 276 valence electrons. The summed E-state index contributed by atoms with van der Waals surface area (Å²) in [5, 5.41) is 7.97. The summed E-state index contributed by atoms with van der Waals surface area (Å²) in [5.74, 6) is 0.191. The summed E-state index contributed by atoms with van der Waals surface area (Å²) in [6.45, 7) is 13.6. The van der Waals surface area contributed by atoms with Crippen molar-refractivity contribution < 1.29 is 41.9 Å². The lowest BCUT2D eigenvalue weighted by molar-refractivity contribution is -0.184. The Bertz CT molecular complexity index is 1320. The van der Waals surface area contributed by atoms with Gasteiger partial charge in [-0.05, 0) is 29.6 Å². The van der Waals surface area contributed by atoms with Gasteiger partial charge in [0.15, 0.2) is 0 Å². The number of urea groups is 1. The van der Waals surface area contributed by atoms with Crippen molar-refractivity contribution in [3.8, 4) is 11.8 Å². The third-order valence-electron chi connectivity index (χ3n) is 8.96. The van der Waals surface area contributed by atoms with Crippen LogP contribution >= 0.6 is 0 Å². The Morgan fingerprint density at radius 1 is 0.918 bits per heavy atom. The molecule has 1 unspecified atom stereocenters. The van der Waals surface area contributed by atoms with Crippen LogP contribution < -0.4 is 21.7 Å². The minimum Gasteiger partial charge on any atom is -0.363 e. The molecule has 0 radical (unpaired) electrons. The second-order valence-electron chi connectivity index (χ2n) is 15.7. The van der Waals surface area contributed by atoms with E-state index in [0.717, 1.165) is 26.3 Å². The summed E-state index contributed by atoms with van der Waals surface area (Å²) in [6.07, 6.45) is -1.86. The van der Waals surface area contributed by atoms with Gasteiger partial charge in [0.2, 0.25) is 17.6 Å². The van der Waals surface area contributed by atoms with Crippen LogP contribution in [0.3, 0.4) is 0 Å². The summed E-state index contributed by atoms with van der Waals surface area (Å²) < 4.78 is 39.2. The maximum atomic E-state index is 14.3. The van der Waals surface area contributed by atoms with Crippen molar-refractivity contribution in [1.82, 2.24) is 25.8 Å². The Balaban J connectivity index is 2.39. The molecule has 2 fully saturated rings. The Kier molecular flexibility index (Phi) is 13.7. The van der Waals surface area contributed by atoms with Crippen molar-refractivity contribution in [1.29, 1.82) is 0 Å². The number of nitrogens with two attached hydrogens (primary N) is 1. The number of alkyl halides is 3. The third-order valence-corrected chi connectivity index (χ3v) is 8.96. The fraction of sp³-hybridized carbons (Fsp3) is 0.765. The van der Waals surface area contributed by atoms with Gasteiger partial charge < -0.3 is 31.5 Å². The zero-order valence-electron chi connectivity index (χ0n) is 30.0. The van der Waals surface area contributed by atoms with Gasteiger partial charge in [-0.25, -0.2) is 4.79 Å².